The van der Waals surface area contributed by atoms with Gasteiger partial charge in [0.1, 0.15) is 0 Å². The van der Waals surface area contributed by atoms with Crippen LogP contribution in [0.25, 0.3) is 0 Å². The maximum Gasteiger partial charge on any atom is 0.0724 e. The van der Waals surface area contributed by atoms with Crippen LogP contribution in [0.5, 0.6) is 0 Å². The maximum absolute atomic E-state index is 5.42. The first kappa shape index (κ1) is 10.0. The average molecular weight is 171 g/mol. The zero-order chi connectivity index (χ0) is 8.97. The van der Waals surface area contributed by atoms with Gasteiger partial charge in [0.05, 0.1) is 6.10 Å². The Bertz CT molecular complexity index is 121. The molecule has 2 heteroatoms. The molecule has 0 saturated carbocycles. The molecule has 1 aliphatic heterocycles. The molecule has 1 rings (SSSR count). The minimum absolute atomic E-state index is 0.527. The van der Waals surface area contributed by atoms with Crippen LogP contribution in [-0.4, -0.2) is 36.7 Å². The minimum Gasteiger partial charge on any atom is -0.377 e. The predicted molar refractivity (Wildman–Crippen MR) is 51.4 cm³/mol. The van der Waals surface area contributed by atoms with Crippen molar-refractivity contribution in [3.8, 4) is 0 Å². The molecule has 1 atom stereocenters. The van der Waals surface area contributed by atoms with Gasteiger partial charge in [-0.3, -0.25) is 4.90 Å². The molecular formula is C10H21NO. The summed E-state index contributed by atoms with van der Waals surface area (Å²) in [6, 6.07) is 0.661. The minimum atomic E-state index is 0.527. The predicted octanol–water partition coefficient (Wildman–Crippen LogP) is 1.90. The van der Waals surface area contributed by atoms with Crippen molar-refractivity contribution < 1.29 is 4.74 Å². The van der Waals surface area contributed by atoms with Gasteiger partial charge in [0, 0.05) is 19.2 Å². The molecule has 0 bridgehead atoms. The van der Waals surface area contributed by atoms with E-state index in [4.69, 9.17) is 4.74 Å². The Morgan fingerprint density at radius 2 is 2.17 bits per heavy atom. The SMILES string of the molecule is CCCN(CC1CCO1)C(C)C. The van der Waals surface area contributed by atoms with E-state index in [0.717, 1.165) is 13.2 Å². The molecule has 0 aromatic heterocycles. The second kappa shape index (κ2) is 4.83. The highest BCUT2D eigenvalue weighted by molar-refractivity contribution is 4.73. The Morgan fingerprint density at radius 1 is 1.50 bits per heavy atom. The largest absolute Gasteiger partial charge is 0.377 e. The Hall–Kier alpha value is -0.0800. The Morgan fingerprint density at radius 3 is 2.50 bits per heavy atom. The van der Waals surface area contributed by atoms with Crippen LogP contribution in [0.15, 0.2) is 0 Å². The molecule has 0 spiro atoms. The Balaban J connectivity index is 2.21. The van der Waals surface area contributed by atoms with Crippen LogP contribution in [0.1, 0.15) is 33.6 Å². The van der Waals surface area contributed by atoms with Gasteiger partial charge in [-0.1, -0.05) is 6.92 Å². The van der Waals surface area contributed by atoms with Crippen LogP contribution in [-0.2, 0) is 4.74 Å². The number of hydrogen-bond acceptors (Lipinski definition) is 2. The Kier molecular flexibility index (Phi) is 4.02. The van der Waals surface area contributed by atoms with E-state index >= 15 is 0 Å². The van der Waals surface area contributed by atoms with Crippen molar-refractivity contribution in [3.05, 3.63) is 0 Å². The second-order valence-corrected chi connectivity index (χ2v) is 3.87. The summed E-state index contributed by atoms with van der Waals surface area (Å²) in [5, 5.41) is 0. The van der Waals surface area contributed by atoms with Crippen LogP contribution in [0.3, 0.4) is 0 Å². The topological polar surface area (TPSA) is 12.5 Å². The number of nitrogens with zero attached hydrogens (tertiary/aromatic N) is 1. The molecule has 0 amide bonds. The molecule has 0 radical (unpaired) electrons. The van der Waals surface area contributed by atoms with Crippen molar-refractivity contribution in [2.45, 2.75) is 45.8 Å². The van der Waals surface area contributed by atoms with Gasteiger partial charge in [-0.15, -0.1) is 0 Å². The normalized spacial score (nSPS) is 23.2. The van der Waals surface area contributed by atoms with E-state index in [1.54, 1.807) is 0 Å². The van der Waals surface area contributed by atoms with E-state index in [1.165, 1.54) is 19.4 Å². The van der Waals surface area contributed by atoms with Crippen LogP contribution in [0.2, 0.25) is 0 Å². The fraction of sp³-hybridized carbons (Fsp3) is 1.00. The number of rotatable bonds is 5. The van der Waals surface area contributed by atoms with Gasteiger partial charge in [-0.05, 0) is 33.2 Å². The third-order valence-electron chi connectivity index (χ3n) is 2.47. The summed E-state index contributed by atoms with van der Waals surface area (Å²) in [7, 11) is 0. The molecule has 0 aliphatic carbocycles. The Labute approximate surface area is 75.9 Å². The number of hydrogen-bond donors (Lipinski definition) is 0. The molecule has 1 heterocycles. The zero-order valence-corrected chi connectivity index (χ0v) is 8.55. The van der Waals surface area contributed by atoms with Crippen LogP contribution < -0.4 is 0 Å². The second-order valence-electron chi connectivity index (χ2n) is 3.87. The molecule has 1 saturated heterocycles. The van der Waals surface area contributed by atoms with Gasteiger partial charge in [0.2, 0.25) is 0 Å². The lowest BCUT2D eigenvalue weighted by Gasteiger charge is -2.34. The average Bonchev–Trinajstić information content (AvgIpc) is 1.93. The third-order valence-corrected chi connectivity index (χ3v) is 2.47. The van der Waals surface area contributed by atoms with E-state index < -0.39 is 0 Å². The van der Waals surface area contributed by atoms with E-state index in [0.29, 0.717) is 12.1 Å². The van der Waals surface area contributed by atoms with Gasteiger partial charge in [-0.25, -0.2) is 0 Å². The van der Waals surface area contributed by atoms with Crippen LogP contribution in [0.4, 0.5) is 0 Å². The zero-order valence-electron chi connectivity index (χ0n) is 8.55. The molecular weight excluding hydrogens is 150 g/mol. The lowest BCUT2D eigenvalue weighted by Crippen LogP contribution is -2.43. The monoisotopic (exact) mass is 171 g/mol. The summed E-state index contributed by atoms with van der Waals surface area (Å²) in [4.78, 5) is 2.50. The third kappa shape index (κ3) is 2.76. The van der Waals surface area contributed by atoms with Gasteiger partial charge in [0.25, 0.3) is 0 Å². The summed E-state index contributed by atoms with van der Waals surface area (Å²) >= 11 is 0. The molecule has 1 aliphatic rings. The van der Waals surface area contributed by atoms with E-state index in [9.17, 15) is 0 Å². The fourth-order valence-electron chi connectivity index (χ4n) is 1.54. The molecule has 0 N–H and O–H groups in total. The first-order valence-electron chi connectivity index (χ1n) is 5.09. The fourth-order valence-corrected chi connectivity index (χ4v) is 1.54. The molecule has 2 nitrogen and oxygen atoms in total. The van der Waals surface area contributed by atoms with Gasteiger partial charge in [0.15, 0.2) is 0 Å². The van der Waals surface area contributed by atoms with E-state index in [2.05, 4.69) is 25.7 Å². The van der Waals surface area contributed by atoms with Crippen molar-refractivity contribution in [1.29, 1.82) is 0 Å². The smallest absolute Gasteiger partial charge is 0.0724 e. The van der Waals surface area contributed by atoms with Crippen molar-refractivity contribution in [1.82, 2.24) is 4.90 Å². The molecule has 0 aromatic rings. The molecule has 1 unspecified atom stereocenters. The standard InChI is InChI=1S/C10H21NO/c1-4-6-11(9(2)3)8-10-5-7-12-10/h9-10H,4-8H2,1-3H3. The molecule has 72 valence electrons. The first-order valence-corrected chi connectivity index (χ1v) is 5.09. The highest BCUT2D eigenvalue weighted by Gasteiger charge is 2.21. The van der Waals surface area contributed by atoms with Gasteiger partial charge >= 0.3 is 0 Å². The number of ether oxygens (including phenoxy) is 1. The van der Waals surface area contributed by atoms with Crippen molar-refractivity contribution >= 4 is 0 Å². The summed E-state index contributed by atoms with van der Waals surface area (Å²) in [5.41, 5.74) is 0. The summed E-state index contributed by atoms with van der Waals surface area (Å²) < 4.78 is 5.42. The van der Waals surface area contributed by atoms with Gasteiger partial charge in [-0.2, -0.15) is 0 Å². The lowest BCUT2D eigenvalue weighted by molar-refractivity contribution is -0.0704. The molecule has 0 aromatic carbocycles. The highest BCUT2D eigenvalue weighted by Crippen LogP contribution is 2.14. The highest BCUT2D eigenvalue weighted by atomic mass is 16.5. The maximum atomic E-state index is 5.42. The van der Waals surface area contributed by atoms with Crippen LogP contribution in [0, 0.1) is 0 Å². The first-order chi connectivity index (χ1) is 5.74. The quantitative estimate of drug-likeness (QED) is 0.626. The van der Waals surface area contributed by atoms with Gasteiger partial charge < -0.3 is 4.74 Å². The lowest BCUT2D eigenvalue weighted by atomic mass is 10.1. The molecule has 12 heavy (non-hydrogen) atoms. The summed E-state index contributed by atoms with van der Waals surface area (Å²) in [6.45, 7) is 10.1. The van der Waals surface area contributed by atoms with Crippen molar-refractivity contribution in [3.63, 3.8) is 0 Å². The summed E-state index contributed by atoms with van der Waals surface area (Å²) in [6.07, 6.45) is 3.02. The van der Waals surface area contributed by atoms with Crippen LogP contribution >= 0.6 is 0 Å². The van der Waals surface area contributed by atoms with Crippen molar-refractivity contribution in [2.75, 3.05) is 19.7 Å². The van der Waals surface area contributed by atoms with E-state index in [-0.39, 0.29) is 0 Å². The van der Waals surface area contributed by atoms with Crippen molar-refractivity contribution in [2.24, 2.45) is 0 Å². The van der Waals surface area contributed by atoms with E-state index in [1.807, 2.05) is 0 Å². The summed E-state index contributed by atoms with van der Waals surface area (Å²) in [5.74, 6) is 0. The molecule has 1 fully saturated rings.